The SMILES string of the molecule is O=C(NNc1ccccn1)c1cc(O)c2cccc(O)c2n1. The van der Waals surface area contributed by atoms with Gasteiger partial charge in [-0.25, -0.2) is 9.97 Å². The molecule has 7 heteroatoms. The first-order chi connectivity index (χ1) is 10.6. The summed E-state index contributed by atoms with van der Waals surface area (Å²) in [6, 6.07) is 11.0. The van der Waals surface area contributed by atoms with Gasteiger partial charge in [-0.05, 0) is 24.3 Å². The summed E-state index contributed by atoms with van der Waals surface area (Å²) in [5, 5.41) is 20.1. The molecule has 1 aromatic carbocycles. The number of hydrazine groups is 1. The van der Waals surface area contributed by atoms with Crippen LogP contribution in [0, 0.1) is 0 Å². The first-order valence-corrected chi connectivity index (χ1v) is 6.44. The lowest BCUT2D eigenvalue weighted by molar-refractivity contribution is 0.0957. The minimum absolute atomic E-state index is 0.0325. The average Bonchev–Trinajstić information content (AvgIpc) is 2.54. The summed E-state index contributed by atoms with van der Waals surface area (Å²) < 4.78 is 0. The van der Waals surface area contributed by atoms with Crippen molar-refractivity contribution < 1.29 is 15.0 Å². The van der Waals surface area contributed by atoms with Crippen molar-refractivity contribution in [1.29, 1.82) is 0 Å². The fraction of sp³-hybridized carbons (Fsp3) is 0. The first kappa shape index (κ1) is 13.6. The van der Waals surface area contributed by atoms with Gasteiger partial charge >= 0.3 is 0 Å². The molecule has 3 rings (SSSR count). The number of phenols is 1. The van der Waals surface area contributed by atoms with Gasteiger partial charge in [0.2, 0.25) is 0 Å². The number of carbonyl (C=O) groups is 1. The highest BCUT2D eigenvalue weighted by molar-refractivity contribution is 5.98. The number of para-hydroxylation sites is 1. The quantitative estimate of drug-likeness (QED) is 0.549. The Labute approximate surface area is 125 Å². The summed E-state index contributed by atoms with van der Waals surface area (Å²) in [5.74, 6) is -0.348. The highest BCUT2D eigenvalue weighted by Crippen LogP contribution is 2.29. The predicted octanol–water partition coefficient (Wildman–Crippen LogP) is 1.80. The second kappa shape index (κ2) is 5.57. The van der Waals surface area contributed by atoms with Crippen LogP contribution in [0.3, 0.4) is 0 Å². The fourth-order valence-electron chi connectivity index (χ4n) is 1.95. The van der Waals surface area contributed by atoms with Crippen molar-refractivity contribution in [2.24, 2.45) is 0 Å². The Morgan fingerprint density at radius 3 is 2.68 bits per heavy atom. The van der Waals surface area contributed by atoms with Crippen LogP contribution in [0.25, 0.3) is 10.9 Å². The van der Waals surface area contributed by atoms with Crippen molar-refractivity contribution in [2.45, 2.75) is 0 Å². The molecule has 0 bridgehead atoms. The molecule has 4 N–H and O–H groups in total. The summed E-state index contributed by atoms with van der Waals surface area (Å²) in [7, 11) is 0. The van der Waals surface area contributed by atoms with Gasteiger partial charge in [-0.2, -0.15) is 0 Å². The third-order valence-corrected chi connectivity index (χ3v) is 3.00. The van der Waals surface area contributed by atoms with Gasteiger partial charge in [-0.1, -0.05) is 12.1 Å². The standard InChI is InChI=1S/C15H12N4O3/c20-11-5-3-4-9-12(21)8-10(17-14(9)11)15(22)19-18-13-6-1-2-7-16-13/h1-8,20H,(H,16,18)(H,17,21)(H,19,22). The second-order valence-corrected chi connectivity index (χ2v) is 4.49. The Kier molecular flexibility index (Phi) is 3.45. The van der Waals surface area contributed by atoms with E-state index in [9.17, 15) is 15.0 Å². The summed E-state index contributed by atoms with van der Waals surface area (Å²) in [5.41, 5.74) is 5.18. The van der Waals surface area contributed by atoms with Crippen LogP contribution in [-0.4, -0.2) is 26.1 Å². The van der Waals surface area contributed by atoms with E-state index in [1.54, 1.807) is 36.5 Å². The average molecular weight is 296 g/mol. The zero-order chi connectivity index (χ0) is 15.5. The number of rotatable bonds is 3. The van der Waals surface area contributed by atoms with Crippen LogP contribution in [0.2, 0.25) is 0 Å². The molecule has 0 aliphatic carbocycles. The molecule has 0 unspecified atom stereocenters. The number of benzene rings is 1. The van der Waals surface area contributed by atoms with E-state index in [4.69, 9.17) is 0 Å². The number of pyridine rings is 2. The van der Waals surface area contributed by atoms with Crippen LogP contribution < -0.4 is 10.9 Å². The number of amides is 1. The largest absolute Gasteiger partial charge is 0.507 e. The van der Waals surface area contributed by atoms with E-state index >= 15 is 0 Å². The van der Waals surface area contributed by atoms with Gasteiger partial charge in [0.05, 0.1) is 0 Å². The maximum absolute atomic E-state index is 12.1. The molecular formula is C15H12N4O3. The highest BCUT2D eigenvalue weighted by Gasteiger charge is 2.13. The Balaban J connectivity index is 1.86. The van der Waals surface area contributed by atoms with Crippen LogP contribution in [0.15, 0.2) is 48.7 Å². The molecule has 0 atom stereocenters. The molecule has 110 valence electrons. The third-order valence-electron chi connectivity index (χ3n) is 3.00. The lowest BCUT2D eigenvalue weighted by Gasteiger charge is -2.09. The molecule has 2 heterocycles. The number of fused-ring (bicyclic) bond motifs is 1. The monoisotopic (exact) mass is 296 g/mol. The molecule has 0 aliphatic heterocycles. The van der Waals surface area contributed by atoms with Crippen LogP contribution in [0.1, 0.15) is 10.5 Å². The summed E-state index contributed by atoms with van der Waals surface area (Å²) in [4.78, 5) is 20.1. The van der Waals surface area contributed by atoms with Crippen LogP contribution in [0.4, 0.5) is 5.82 Å². The van der Waals surface area contributed by atoms with E-state index in [1.807, 2.05) is 0 Å². The maximum Gasteiger partial charge on any atom is 0.288 e. The van der Waals surface area contributed by atoms with E-state index in [0.717, 1.165) is 0 Å². The molecule has 1 amide bonds. The van der Waals surface area contributed by atoms with Crippen LogP contribution >= 0.6 is 0 Å². The minimum Gasteiger partial charge on any atom is -0.507 e. The van der Waals surface area contributed by atoms with Crippen molar-refractivity contribution in [1.82, 2.24) is 15.4 Å². The molecule has 0 saturated heterocycles. The summed E-state index contributed by atoms with van der Waals surface area (Å²) in [6.45, 7) is 0. The lowest BCUT2D eigenvalue weighted by Crippen LogP contribution is -2.30. The molecular weight excluding hydrogens is 284 g/mol. The van der Waals surface area contributed by atoms with Gasteiger partial charge in [0.15, 0.2) is 0 Å². The van der Waals surface area contributed by atoms with Crippen molar-refractivity contribution in [3.63, 3.8) is 0 Å². The molecule has 0 spiro atoms. The number of nitrogens with zero attached hydrogens (tertiary/aromatic N) is 2. The zero-order valence-corrected chi connectivity index (χ0v) is 11.3. The van der Waals surface area contributed by atoms with Crippen molar-refractivity contribution in [3.8, 4) is 11.5 Å². The number of phenolic OH excluding ortho intramolecular Hbond substituents is 1. The van der Waals surface area contributed by atoms with Crippen molar-refractivity contribution in [2.75, 3.05) is 5.43 Å². The van der Waals surface area contributed by atoms with Gasteiger partial charge in [-0.3, -0.25) is 15.6 Å². The predicted molar refractivity (Wildman–Crippen MR) is 80.4 cm³/mol. The lowest BCUT2D eigenvalue weighted by atomic mass is 10.1. The van der Waals surface area contributed by atoms with Gasteiger partial charge < -0.3 is 10.2 Å². The number of aromatic hydroxyl groups is 2. The second-order valence-electron chi connectivity index (χ2n) is 4.49. The normalized spacial score (nSPS) is 10.4. The Hall–Kier alpha value is -3.35. The number of anilines is 1. The molecule has 0 radical (unpaired) electrons. The van der Waals surface area contributed by atoms with Gasteiger partial charge in [-0.15, -0.1) is 0 Å². The van der Waals surface area contributed by atoms with E-state index in [0.29, 0.717) is 11.2 Å². The molecule has 7 nitrogen and oxygen atoms in total. The maximum atomic E-state index is 12.1. The number of hydrogen-bond donors (Lipinski definition) is 4. The Morgan fingerprint density at radius 2 is 1.91 bits per heavy atom. The summed E-state index contributed by atoms with van der Waals surface area (Å²) in [6.07, 6.45) is 1.58. The molecule has 0 fully saturated rings. The number of nitrogens with one attached hydrogen (secondary N) is 2. The Bertz CT molecular complexity index is 837. The van der Waals surface area contributed by atoms with Crippen LogP contribution in [0.5, 0.6) is 11.5 Å². The van der Waals surface area contributed by atoms with Crippen molar-refractivity contribution in [3.05, 3.63) is 54.4 Å². The van der Waals surface area contributed by atoms with E-state index in [-0.39, 0.29) is 22.7 Å². The van der Waals surface area contributed by atoms with Gasteiger partial charge in [0, 0.05) is 17.6 Å². The van der Waals surface area contributed by atoms with Crippen LogP contribution in [-0.2, 0) is 0 Å². The van der Waals surface area contributed by atoms with E-state index in [1.165, 1.54) is 12.1 Å². The van der Waals surface area contributed by atoms with Crippen molar-refractivity contribution >= 4 is 22.6 Å². The van der Waals surface area contributed by atoms with E-state index in [2.05, 4.69) is 20.8 Å². The molecule has 0 saturated carbocycles. The topological polar surface area (TPSA) is 107 Å². The van der Waals surface area contributed by atoms with E-state index < -0.39 is 5.91 Å². The first-order valence-electron chi connectivity index (χ1n) is 6.44. The smallest absolute Gasteiger partial charge is 0.288 e. The highest BCUT2D eigenvalue weighted by atomic mass is 16.3. The molecule has 2 aromatic heterocycles. The number of carbonyl (C=O) groups excluding carboxylic acids is 1. The molecule has 0 aliphatic rings. The Morgan fingerprint density at radius 1 is 1.05 bits per heavy atom. The zero-order valence-electron chi connectivity index (χ0n) is 11.3. The van der Waals surface area contributed by atoms with Gasteiger partial charge in [0.25, 0.3) is 5.91 Å². The number of aromatic nitrogens is 2. The fourth-order valence-corrected chi connectivity index (χ4v) is 1.95. The molecule has 3 aromatic rings. The third kappa shape index (κ3) is 2.59. The minimum atomic E-state index is -0.564. The summed E-state index contributed by atoms with van der Waals surface area (Å²) >= 11 is 0. The van der Waals surface area contributed by atoms with Gasteiger partial charge in [0.1, 0.15) is 28.5 Å². The number of hydrogen-bond acceptors (Lipinski definition) is 6. The molecule has 22 heavy (non-hydrogen) atoms.